The Morgan fingerprint density at radius 2 is 2.00 bits per heavy atom. The van der Waals surface area contributed by atoms with Crippen molar-refractivity contribution in [2.24, 2.45) is 5.92 Å². The van der Waals surface area contributed by atoms with Crippen molar-refractivity contribution in [2.75, 3.05) is 39.2 Å². The van der Waals surface area contributed by atoms with Gasteiger partial charge in [0.15, 0.2) is 0 Å². The van der Waals surface area contributed by atoms with Crippen LogP contribution in [0.3, 0.4) is 0 Å². The summed E-state index contributed by atoms with van der Waals surface area (Å²) in [4.78, 5) is 14.4. The van der Waals surface area contributed by atoms with E-state index < -0.39 is 22.2 Å². The quantitative estimate of drug-likeness (QED) is 0.580. The fourth-order valence-electron chi connectivity index (χ4n) is 4.00. The number of urea groups is 1. The van der Waals surface area contributed by atoms with Gasteiger partial charge in [0, 0.05) is 31.2 Å². The number of ether oxygens (including phenoxy) is 2. The van der Waals surface area contributed by atoms with Crippen molar-refractivity contribution in [2.45, 2.75) is 37.8 Å². The number of amides is 2. The monoisotopic (exact) mass is 517 g/mol. The Hall–Kier alpha value is -3.08. The molecule has 1 aliphatic rings. The zero-order chi connectivity index (χ0) is 26.5. The number of fused-ring (bicyclic) bond motifs is 1. The van der Waals surface area contributed by atoms with E-state index >= 15 is 0 Å². The Morgan fingerprint density at radius 3 is 2.61 bits per heavy atom. The predicted molar refractivity (Wildman–Crippen MR) is 140 cm³/mol. The number of hydrogen-bond acceptors (Lipinski definition) is 6. The summed E-state index contributed by atoms with van der Waals surface area (Å²) in [5, 5.41) is 12.6. The SMILES string of the molecule is C/C=C/c1ccc2c(c1)O[C@H](CN(C)C(=O)Nc1ccc(OC)cc1)[C@@H](C)CN([C@@H](C)CO)S2(=O)=O. The van der Waals surface area contributed by atoms with E-state index in [1.807, 2.05) is 26.0 Å². The fourth-order valence-corrected chi connectivity index (χ4v) is 5.83. The highest BCUT2D eigenvalue weighted by atomic mass is 32.2. The van der Waals surface area contributed by atoms with E-state index in [4.69, 9.17) is 9.47 Å². The topological polar surface area (TPSA) is 108 Å². The van der Waals surface area contributed by atoms with Crippen molar-refractivity contribution < 1.29 is 27.8 Å². The predicted octanol–water partition coefficient (Wildman–Crippen LogP) is 3.66. The first-order valence-electron chi connectivity index (χ1n) is 11.8. The molecule has 1 aliphatic heterocycles. The summed E-state index contributed by atoms with van der Waals surface area (Å²) in [7, 11) is -0.676. The molecule has 0 unspecified atom stereocenters. The van der Waals surface area contributed by atoms with Gasteiger partial charge in [-0.1, -0.05) is 25.1 Å². The molecule has 10 heteroatoms. The molecule has 2 amide bonds. The number of carbonyl (C=O) groups excluding carboxylic acids is 1. The van der Waals surface area contributed by atoms with Crippen LogP contribution in [0.5, 0.6) is 11.5 Å². The number of hydrogen-bond donors (Lipinski definition) is 2. The van der Waals surface area contributed by atoms with Crippen LogP contribution in [0.4, 0.5) is 10.5 Å². The second-order valence-electron chi connectivity index (χ2n) is 8.99. The highest BCUT2D eigenvalue weighted by Gasteiger charge is 2.38. The molecular formula is C26H35N3O6S. The third-order valence-electron chi connectivity index (χ3n) is 6.19. The Balaban J connectivity index is 1.90. The van der Waals surface area contributed by atoms with E-state index in [9.17, 15) is 18.3 Å². The van der Waals surface area contributed by atoms with Gasteiger partial charge >= 0.3 is 6.03 Å². The van der Waals surface area contributed by atoms with E-state index in [1.54, 1.807) is 57.5 Å². The van der Waals surface area contributed by atoms with Crippen LogP contribution in [0.1, 0.15) is 26.3 Å². The lowest BCUT2D eigenvalue weighted by molar-refractivity contribution is 0.0830. The number of benzene rings is 2. The summed E-state index contributed by atoms with van der Waals surface area (Å²) in [6.45, 7) is 5.47. The van der Waals surface area contributed by atoms with Gasteiger partial charge < -0.3 is 24.8 Å². The van der Waals surface area contributed by atoms with Gasteiger partial charge in [-0.15, -0.1) is 0 Å². The summed E-state index contributed by atoms with van der Waals surface area (Å²) in [5.41, 5.74) is 1.42. The van der Waals surface area contributed by atoms with Crippen LogP contribution >= 0.6 is 0 Å². The molecule has 0 saturated heterocycles. The van der Waals surface area contributed by atoms with E-state index in [0.717, 1.165) is 5.56 Å². The molecule has 3 rings (SSSR count). The average molecular weight is 518 g/mol. The number of methoxy groups -OCH3 is 1. The number of nitrogens with zero attached hydrogens (tertiary/aromatic N) is 2. The van der Waals surface area contributed by atoms with Crippen molar-refractivity contribution in [3.8, 4) is 11.5 Å². The molecule has 2 N–H and O–H groups in total. The van der Waals surface area contributed by atoms with Gasteiger partial charge in [0.2, 0.25) is 10.0 Å². The minimum atomic E-state index is -3.91. The number of aliphatic hydroxyl groups is 1. The lowest BCUT2D eigenvalue weighted by Gasteiger charge is -2.37. The summed E-state index contributed by atoms with van der Waals surface area (Å²) < 4.78 is 39.8. The maximum atomic E-state index is 13.5. The fraction of sp³-hybridized carbons (Fsp3) is 0.423. The number of likely N-dealkylation sites (N-methyl/N-ethyl adjacent to an activating group) is 1. The van der Waals surface area contributed by atoms with Crippen LogP contribution < -0.4 is 14.8 Å². The molecule has 196 valence electrons. The van der Waals surface area contributed by atoms with Gasteiger partial charge in [0.25, 0.3) is 0 Å². The minimum absolute atomic E-state index is 0.0401. The molecule has 36 heavy (non-hydrogen) atoms. The van der Waals surface area contributed by atoms with Crippen molar-refractivity contribution >= 4 is 27.8 Å². The van der Waals surface area contributed by atoms with Gasteiger partial charge in [-0.05, 0) is 55.8 Å². The highest BCUT2D eigenvalue weighted by Crippen LogP contribution is 2.34. The number of nitrogens with one attached hydrogen (secondary N) is 1. The summed E-state index contributed by atoms with van der Waals surface area (Å²) >= 11 is 0. The maximum absolute atomic E-state index is 13.5. The molecule has 2 aromatic carbocycles. The number of aliphatic hydroxyl groups excluding tert-OH is 1. The van der Waals surface area contributed by atoms with E-state index in [-0.39, 0.29) is 42.3 Å². The Kier molecular flexibility index (Phi) is 8.99. The third-order valence-corrected chi connectivity index (χ3v) is 8.21. The summed E-state index contributed by atoms with van der Waals surface area (Å²) in [5.74, 6) is 0.635. The molecule has 0 spiro atoms. The minimum Gasteiger partial charge on any atom is -0.497 e. The lowest BCUT2D eigenvalue weighted by atomic mass is 10.0. The van der Waals surface area contributed by atoms with E-state index in [1.165, 1.54) is 15.3 Å². The first-order chi connectivity index (χ1) is 17.1. The first kappa shape index (κ1) is 27.5. The standard InChI is InChI=1S/C26H35N3O6S/c1-6-7-20-8-13-25-23(14-20)35-24(18(2)15-29(19(3)17-30)36(25,32)33)16-28(4)26(31)27-21-9-11-22(34-5)12-10-21/h6-14,18-19,24,30H,15-17H2,1-5H3,(H,27,31)/b7-6+/t18-,19-,24+/m0/s1. The van der Waals surface area contributed by atoms with Crippen molar-refractivity contribution in [3.05, 3.63) is 54.1 Å². The molecule has 9 nitrogen and oxygen atoms in total. The molecule has 0 aromatic heterocycles. The molecule has 0 saturated carbocycles. The van der Waals surface area contributed by atoms with Gasteiger partial charge in [-0.3, -0.25) is 0 Å². The van der Waals surface area contributed by atoms with Gasteiger partial charge in [0.1, 0.15) is 22.5 Å². The normalized spacial score (nSPS) is 20.5. The average Bonchev–Trinajstić information content (AvgIpc) is 2.86. The van der Waals surface area contributed by atoms with Crippen molar-refractivity contribution in [1.82, 2.24) is 9.21 Å². The first-order valence-corrected chi connectivity index (χ1v) is 13.3. The number of carbonyl (C=O) groups is 1. The molecule has 0 bridgehead atoms. The second-order valence-corrected chi connectivity index (χ2v) is 10.8. The van der Waals surface area contributed by atoms with E-state index in [0.29, 0.717) is 11.4 Å². The van der Waals surface area contributed by atoms with E-state index in [2.05, 4.69) is 5.32 Å². The molecule has 3 atom stereocenters. The lowest BCUT2D eigenvalue weighted by Crippen LogP contribution is -2.50. The molecule has 0 fully saturated rings. The number of allylic oxidation sites excluding steroid dienone is 1. The van der Waals surface area contributed by atoms with Crippen molar-refractivity contribution in [1.29, 1.82) is 0 Å². The summed E-state index contributed by atoms with van der Waals surface area (Å²) in [6, 6.07) is 11.0. The number of sulfonamides is 1. The van der Waals surface area contributed by atoms with Gasteiger partial charge in [0.05, 0.1) is 20.3 Å². The molecule has 0 aliphatic carbocycles. The van der Waals surface area contributed by atoms with Crippen LogP contribution in [0.25, 0.3) is 6.08 Å². The van der Waals surface area contributed by atoms with Crippen LogP contribution in [-0.4, -0.2) is 74.8 Å². The van der Waals surface area contributed by atoms with Crippen LogP contribution in [0, 0.1) is 5.92 Å². The maximum Gasteiger partial charge on any atom is 0.321 e. The molecule has 2 aromatic rings. The Bertz CT molecular complexity index is 1180. The highest BCUT2D eigenvalue weighted by molar-refractivity contribution is 7.89. The number of anilines is 1. The molecular weight excluding hydrogens is 482 g/mol. The zero-order valence-corrected chi connectivity index (χ0v) is 22.2. The zero-order valence-electron chi connectivity index (χ0n) is 21.3. The van der Waals surface area contributed by atoms with Gasteiger partial charge in [-0.2, -0.15) is 4.31 Å². The summed E-state index contributed by atoms with van der Waals surface area (Å²) in [6.07, 6.45) is 3.22. The molecule has 1 heterocycles. The van der Waals surface area contributed by atoms with Gasteiger partial charge in [-0.25, -0.2) is 13.2 Å². The van der Waals surface area contributed by atoms with Crippen molar-refractivity contribution in [3.63, 3.8) is 0 Å². The smallest absolute Gasteiger partial charge is 0.321 e. The van der Waals surface area contributed by atoms with Crippen LogP contribution in [0.15, 0.2) is 53.4 Å². The Morgan fingerprint density at radius 1 is 1.31 bits per heavy atom. The third kappa shape index (κ3) is 6.18. The van der Waals surface area contributed by atoms with Crippen LogP contribution in [-0.2, 0) is 10.0 Å². The molecule has 0 radical (unpaired) electrons. The largest absolute Gasteiger partial charge is 0.497 e. The second kappa shape index (κ2) is 11.8. The number of rotatable bonds is 7. The van der Waals surface area contributed by atoms with Crippen LogP contribution in [0.2, 0.25) is 0 Å². The Labute approximate surface area is 213 Å².